The average molecular weight is 331 g/mol. The average Bonchev–Trinajstić information content (AvgIpc) is 3.06. The fourth-order valence-corrected chi connectivity index (χ4v) is 2.97. The molecule has 0 radical (unpaired) electrons. The van der Waals surface area contributed by atoms with Crippen LogP contribution >= 0.6 is 23.4 Å². The molecule has 0 aliphatic heterocycles. The molecule has 3 rings (SSSR count). The van der Waals surface area contributed by atoms with Crippen molar-refractivity contribution in [1.29, 1.82) is 0 Å². The normalized spacial score (nSPS) is 10.4. The van der Waals surface area contributed by atoms with Gasteiger partial charge in [-0.3, -0.25) is 4.79 Å². The maximum Gasteiger partial charge on any atom is 0.291 e. The molecule has 0 atom stereocenters. The molecule has 0 saturated carbocycles. The minimum atomic E-state index is -0.324. The van der Waals surface area contributed by atoms with E-state index in [1.807, 2.05) is 18.2 Å². The van der Waals surface area contributed by atoms with E-state index in [1.165, 1.54) is 18.0 Å². The van der Waals surface area contributed by atoms with Crippen LogP contribution in [0.2, 0.25) is 5.02 Å². The predicted octanol–water partition coefficient (Wildman–Crippen LogP) is 4.73. The monoisotopic (exact) mass is 330 g/mol. The number of aromatic nitrogens is 1. The van der Waals surface area contributed by atoms with Crippen LogP contribution in [0.1, 0.15) is 10.6 Å². The van der Waals surface area contributed by atoms with Gasteiger partial charge in [-0.05, 0) is 36.4 Å². The maximum absolute atomic E-state index is 12.1. The van der Waals surface area contributed by atoms with Crippen LogP contribution in [0.3, 0.4) is 0 Å². The Bertz CT molecular complexity index is 776. The first kappa shape index (κ1) is 14.7. The summed E-state index contributed by atoms with van der Waals surface area (Å²) in [7, 11) is 0. The lowest BCUT2D eigenvalue weighted by Crippen LogP contribution is -2.11. The number of hydrogen-bond acceptors (Lipinski definition) is 4. The summed E-state index contributed by atoms with van der Waals surface area (Å²) in [4.78, 5) is 17.1. The largest absolute Gasteiger partial charge is 0.459 e. The van der Waals surface area contributed by atoms with Crippen molar-refractivity contribution in [2.45, 2.75) is 9.92 Å². The van der Waals surface area contributed by atoms with Gasteiger partial charge in [0.15, 0.2) is 5.76 Å². The zero-order valence-corrected chi connectivity index (χ0v) is 12.9. The molecular weight excluding hydrogens is 320 g/mol. The molecule has 1 aromatic carbocycles. The van der Waals surface area contributed by atoms with Crippen molar-refractivity contribution in [2.75, 3.05) is 5.32 Å². The number of carbonyl (C=O) groups is 1. The van der Waals surface area contributed by atoms with Crippen molar-refractivity contribution in [3.05, 3.63) is 71.8 Å². The van der Waals surface area contributed by atoms with Crippen molar-refractivity contribution in [2.24, 2.45) is 0 Å². The van der Waals surface area contributed by atoms with Gasteiger partial charge in [-0.15, -0.1) is 0 Å². The van der Waals surface area contributed by atoms with Gasteiger partial charge < -0.3 is 9.73 Å². The van der Waals surface area contributed by atoms with Crippen molar-refractivity contribution < 1.29 is 9.21 Å². The van der Waals surface area contributed by atoms with E-state index in [1.54, 1.807) is 36.5 Å². The van der Waals surface area contributed by atoms with Crippen LogP contribution in [0.5, 0.6) is 0 Å². The molecule has 6 heteroatoms. The zero-order chi connectivity index (χ0) is 15.4. The van der Waals surface area contributed by atoms with E-state index in [4.69, 9.17) is 16.0 Å². The molecule has 4 nitrogen and oxygen atoms in total. The number of anilines is 1. The third-order valence-corrected chi connectivity index (χ3v) is 4.33. The van der Waals surface area contributed by atoms with Crippen LogP contribution in [-0.4, -0.2) is 10.9 Å². The Labute approximate surface area is 136 Å². The molecular formula is C16H11ClN2O2S. The quantitative estimate of drug-likeness (QED) is 0.751. The Morgan fingerprint density at radius 1 is 1.14 bits per heavy atom. The third-order valence-electron chi connectivity index (χ3n) is 2.80. The number of benzene rings is 1. The lowest BCUT2D eigenvalue weighted by Gasteiger charge is -2.11. The smallest absolute Gasteiger partial charge is 0.291 e. The summed E-state index contributed by atoms with van der Waals surface area (Å²) in [6, 6.07) is 14.2. The Morgan fingerprint density at radius 2 is 2.05 bits per heavy atom. The Hall–Kier alpha value is -2.24. The van der Waals surface area contributed by atoms with E-state index < -0.39 is 0 Å². The number of nitrogens with one attached hydrogen (secondary N) is 1. The Balaban J connectivity index is 1.88. The number of halogens is 1. The van der Waals surface area contributed by atoms with Crippen LogP contribution in [0, 0.1) is 0 Å². The topological polar surface area (TPSA) is 55.1 Å². The maximum atomic E-state index is 12.1. The van der Waals surface area contributed by atoms with Gasteiger partial charge in [-0.2, -0.15) is 0 Å². The fourth-order valence-electron chi connectivity index (χ4n) is 1.81. The summed E-state index contributed by atoms with van der Waals surface area (Å²) >= 11 is 7.66. The van der Waals surface area contributed by atoms with Crippen LogP contribution in [0.15, 0.2) is 75.3 Å². The summed E-state index contributed by atoms with van der Waals surface area (Å²) < 4.78 is 5.09. The van der Waals surface area contributed by atoms with Gasteiger partial charge in [0, 0.05) is 6.20 Å². The molecule has 0 bridgehead atoms. The van der Waals surface area contributed by atoms with Gasteiger partial charge in [0.25, 0.3) is 5.91 Å². The first-order valence-electron chi connectivity index (χ1n) is 6.46. The Morgan fingerprint density at radius 3 is 2.77 bits per heavy atom. The number of furan rings is 1. The van der Waals surface area contributed by atoms with Crippen LogP contribution in [0.25, 0.3) is 0 Å². The number of nitrogens with zero attached hydrogens (tertiary/aromatic N) is 1. The van der Waals surface area contributed by atoms with Gasteiger partial charge in [-0.1, -0.05) is 35.5 Å². The lowest BCUT2D eigenvalue weighted by atomic mass is 10.3. The summed E-state index contributed by atoms with van der Waals surface area (Å²) in [5, 5.41) is 4.15. The second-order valence-electron chi connectivity index (χ2n) is 4.32. The zero-order valence-electron chi connectivity index (χ0n) is 11.3. The first-order chi connectivity index (χ1) is 10.7. The SMILES string of the molecule is O=C(Nc1cccc(Cl)c1Sc1ccccn1)c1ccco1. The number of hydrogen-bond donors (Lipinski definition) is 1. The minimum Gasteiger partial charge on any atom is -0.459 e. The number of rotatable bonds is 4. The van der Waals surface area contributed by atoms with Crippen LogP contribution < -0.4 is 5.32 Å². The summed E-state index contributed by atoms with van der Waals surface area (Å²) in [5.41, 5.74) is 0.615. The number of pyridine rings is 1. The predicted molar refractivity (Wildman–Crippen MR) is 86.5 cm³/mol. The first-order valence-corrected chi connectivity index (χ1v) is 7.66. The van der Waals surface area contributed by atoms with Crippen molar-refractivity contribution in [1.82, 2.24) is 4.98 Å². The van der Waals surface area contributed by atoms with Gasteiger partial charge >= 0.3 is 0 Å². The Kier molecular flexibility index (Phi) is 4.46. The van der Waals surface area contributed by atoms with E-state index in [-0.39, 0.29) is 11.7 Å². The highest BCUT2D eigenvalue weighted by Crippen LogP contribution is 2.38. The fraction of sp³-hybridized carbons (Fsp3) is 0. The third kappa shape index (κ3) is 3.32. The van der Waals surface area contributed by atoms with E-state index in [2.05, 4.69) is 10.3 Å². The molecule has 22 heavy (non-hydrogen) atoms. The second-order valence-corrected chi connectivity index (χ2v) is 5.76. The van der Waals surface area contributed by atoms with Crippen molar-refractivity contribution >= 4 is 35.0 Å². The van der Waals surface area contributed by atoms with Gasteiger partial charge in [0.05, 0.1) is 21.9 Å². The molecule has 1 N–H and O–H groups in total. The second kappa shape index (κ2) is 6.68. The summed E-state index contributed by atoms with van der Waals surface area (Å²) in [5.74, 6) is -0.0797. The van der Waals surface area contributed by atoms with E-state index in [9.17, 15) is 4.79 Å². The lowest BCUT2D eigenvalue weighted by molar-refractivity contribution is 0.0996. The number of amides is 1. The van der Waals surface area contributed by atoms with E-state index in [0.717, 1.165) is 9.92 Å². The van der Waals surface area contributed by atoms with E-state index in [0.29, 0.717) is 10.7 Å². The van der Waals surface area contributed by atoms with E-state index >= 15 is 0 Å². The molecule has 2 heterocycles. The summed E-state index contributed by atoms with van der Waals surface area (Å²) in [6.45, 7) is 0. The van der Waals surface area contributed by atoms with Gasteiger partial charge in [-0.25, -0.2) is 4.98 Å². The highest BCUT2D eigenvalue weighted by molar-refractivity contribution is 7.99. The van der Waals surface area contributed by atoms with Crippen molar-refractivity contribution in [3.63, 3.8) is 0 Å². The standard InChI is InChI=1S/C16H11ClN2O2S/c17-11-5-3-6-12(19-16(20)13-7-4-10-21-13)15(11)22-14-8-1-2-9-18-14/h1-10H,(H,19,20). The summed E-state index contributed by atoms with van der Waals surface area (Å²) in [6.07, 6.45) is 3.16. The highest BCUT2D eigenvalue weighted by Gasteiger charge is 2.14. The minimum absolute atomic E-state index is 0.244. The van der Waals surface area contributed by atoms with Crippen LogP contribution in [0.4, 0.5) is 5.69 Å². The van der Waals surface area contributed by atoms with Crippen LogP contribution in [-0.2, 0) is 0 Å². The molecule has 2 aromatic heterocycles. The molecule has 0 saturated heterocycles. The highest BCUT2D eigenvalue weighted by atomic mass is 35.5. The molecule has 0 unspecified atom stereocenters. The van der Waals surface area contributed by atoms with Gasteiger partial charge in [0.2, 0.25) is 0 Å². The molecule has 0 aliphatic carbocycles. The molecule has 0 aliphatic rings. The number of carbonyl (C=O) groups excluding carboxylic acids is 1. The van der Waals surface area contributed by atoms with Gasteiger partial charge in [0.1, 0.15) is 5.03 Å². The molecule has 110 valence electrons. The molecule has 3 aromatic rings. The molecule has 0 spiro atoms. The molecule has 0 fully saturated rings. The van der Waals surface area contributed by atoms with Crippen molar-refractivity contribution in [3.8, 4) is 0 Å². The molecule has 1 amide bonds.